The Morgan fingerprint density at radius 2 is 1.81 bits per heavy atom. The lowest BCUT2D eigenvalue weighted by Gasteiger charge is -2.20. The Morgan fingerprint density at radius 1 is 1.12 bits per heavy atom. The second-order valence-electron chi connectivity index (χ2n) is 6.27. The maximum atomic E-state index is 5.43. The summed E-state index contributed by atoms with van der Waals surface area (Å²) < 4.78 is 14.7. The Morgan fingerprint density at radius 3 is 2.31 bits per heavy atom. The first kappa shape index (κ1) is 18.0. The van der Waals surface area contributed by atoms with Gasteiger partial charge >= 0.3 is 0 Å². The summed E-state index contributed by atoms with van der Waals surface area (Å²) in [6.07, 6.45) is 5.78. The van der Waals surface area contributed by atoms with Gasteiger partial charge in [-0.3, -0.25) is 10.00 Å². The van der Waals surface area contributed by atoms with Gasteiger partial charge in [0.1, 0.15) is 17.3 Å². The predicted molar refractivity (Wildman–Crippen MR) is 99.4 cm³/mol. The molecule has 26 heavy (non-hydrogen) atoms. The van der Waals surface area contributed by atoms with Gasteiger partial charge in [-0.15, -0.1) is 0 Å². The molecule has 3 aromatic rings. The van der Waals surface area contributed by atoms with Crippen molar-refractivity contribution in [3.05, 3.63) is 59.4 Å². The zero-order chi connectivity index (χ0) is 18.7. The first-order chi connectivity index (χ1) is 12.5. The first-order valence-corrected chi connectivity index (χ1v) is 8.44. The van der Waals surface area contributed by atoms with E-state index >= 15 is 0 Å². The second kappa shape index (κ2) is 7.61. The molecule has 0 radical (unpaired) electrons. The summed E-state index contributed by atoms with van der Waals surface area (Å²) in [5.41, 5.74) is 3.19. The maximum absolute atomic E-state index is 5.43. The standard InChI is InChI=1S/C19H25N5O2/c1-13-15(12-24(3)22-13)11-21-18(19-20-6-7-23(19)2)14-8-16(25-4)10-17(9-14)26-5/h6-10,12,18,21H,11H2,1-5H3. The number of ether oxygens (including phenoxy) is 2. The van der Waals surface area contributed by atoms with Crippen LogP contribution < -0.4 is 14.8 Å². The fourth-order valence-electron chi connectivity index (χ4n) is 3.04. The number of aromatic nitrogens is 4. The van der Waals surface area contributed by atoms with Crippen LogP contribution in [-0.4, -0.2) is 33.6 Å². The van der Waals surface area contributed by atoms with Crippen molar-refractivity contribution in [3.8, 4) is 11.5 Å². The number of methoxy groups -OCH3 is 2. The summed E-state index contributed by atoms with van der Waals surface area (Å²) in [6, 6.07) is 5.76. The molecule has 7 heteroatoms. The van der Waals surface area contributed by atoms with Gasteiger partial charge in [-0.2, -0.15) is 5.10 Å². The average Bonchev–Trinajstić information content (AvgIpc) is 3.19. The van der Waals surface area contributed by atoms with Crippen LogP contribution in [0.3, 0.4) is 0 Å². The Bertz CT molecular complexity index is 862. The molecule has 7 nitrogen and oxygen atoms in total. The molecule has 3 rings (SSSR count). The van der Waals surface area contributed by atoms with Crippen LogP contribution in [0, 0.1) is 6.92 Å². The van der Waals surface area contributed by atoms with Gasteiger partial charge in [0.25, 0.3) is 0 Å². The quantitative estimate of drug-likeness (QED) is 0.705. The van der Waals surface area contributed by atoms with Crippen molar-refractivity contribution >= 4 is 0 Å². The molecule has 2 heterocycles. The molecule has 1 N–H and O–H groups in total. The van der Waals surface area contributed by atoms with Crippen LogP contribution in [0.5, 0.6) is 11.5 Å². The van der Waals surface area contributed by atoms with Crippen LogP contribution in [0.1, 0.15) is 28.7 Å². The molecule has 0 saturated carbocycles. The van der Waals surface area contributed by atoms with Crippen molar-refractivity contribution in [2.45, 2.75) is 19.5 Å². The van der Waals surface area contributed by atoms with Crippen LogP contribution in [0.4, 0.5) is 0 Å². The van der Waals surface area contributed by atoms with Gasteiger partial charge in [-0.25, -0.2) is 4.98 Å². The monoisotopic (exact) mass is 355 g/mol. The Balaban J connectivity index is 1.96. The van der Waals surface area contributed by atoms with Crippen molar-refractivity contribution < 1.29 is 9.47 Å². The molecule has 0 aliphatic carbocycles. The zero-order valence-electron chi connectivity index (χ0n) is 15.9. The summed E-state index contributed by atoms with van der Waals surface area (Å²) in [4.78, 5) is 4.54. The molecule has 0 fully saturated rings. The highest BCUT2D eigenvalue weighted by Gasteiger charge is 2.20. The highest BCUT2D eigenvalue weighted by atomic mass is 16.5. The molecule has 1 atom stereocenters. The van der Waals surface area contributed by atoms with E-state index in [9.17, 15) is 0 Å². The van der Waals surface area contributed by atoms with E-state index < -0.39 is 0 Å². The van der Waals surface area contributed by atoms with E-state index in [0.717, 1.165) is 34.1 Å². The molecule has 1 aromatic carbocycles. The van der Waals surface area contributed by atoms with E-state index in [1.165, 1.54) is 0 Å². The number of aryl methyl sites for hydroxylation is 3. The number of nitrogens with one attached hydrogen (secondary N) is 1. The lowest BCUT2D eigenvalue weighted by molar-refractivity contribution is 0.392. The number of hydrogen-bond acceptors (Lipinski definition) is 5. The zero-order valence-corrected chi connectivity index (χ0v) is 15.9. The van der Waals surface area contributed by atoms with Gasteiger partial charge in [-0.1, -0.05) is 0 Å². The van der Waals surface area contributed by atoms with Crippen molar-refractivity contribution in [3.63, 3.8) is 0 Å². The largest absolute Gasteiger partial charge is 0.497 e. The summed E-state index contributed by atoms with van der Waals surface area (Å²) in [7, 11) is 7.23. The second-order valence-corrected chi connectivity index (χ2v) is 6.27. The highest BCUT2D eigenvalue weighted by Crippen LogP contribution is 2.29. The fraction of sp³-hybridized carbons (Fsp3) is 0.368. The van der Waals surface area contributed by atoms with Gasteiger partial charge in [0.15, 0.2) is 0 Å². The topological polar surface area (TPSA) is 66.1 Å². The lowest BCUT2D eigenvalue weighted by Crippen LogP contribution is -2.25. The van der Waals surface area contributed by atoms with E-state index in [1.807, 2.05) is 60.9 Å². The molecule has 0 amide bonds. The SMILES string of the molecule is COc1cc(OC)cc(C(NCc2cn(C)nc2C)c2nccn2C)c1. The van der Waals surface area contributed by atoms with Gasteiger partial charge < -0.3 is 14.0 Å². The van der Waals surface area contributed by atoms with Gasteiger partial charge in [0.05, 0.1) is 26.0 Å². The number of rotatable bonds is 7. The van der Waals surface area contributed by atoms with Crippen molar-refractivity contribution in [2.75, 3.05) is 14.2 Å². The number of hydrogen-bond donors (Lipinski definition) is 1. The molecule has 138 valence electrons. The van der Waals surface area contributed by atoms with Crippen molar-refractivity contribution in [1.82, 2.24) is 24.6 Å². The van der Waals surface area contributed by atoms with Crippen molar-refractivity contribution in [2.24, 2.45) is 14.1 Å². The fourth-order valence-corrected chi connectivity index (χ4v) is 3.04. The van der Waals surface area contributed by atoms with Crippen LogP contribution in [0.15, 0.2) is 36.8 Å². The molecule has 0 spiro atoms. The van der Waals surface area contributed by atoms with Crippen molar-refractivity contribution in [1.29, 1.82) is 0 Å². The minimum absolute atomic E-state index is 0.112. The Kier molecular flexibility index (Phi) is 5.27. The maximum Gasteiger partial charge on any atom is 0.130 e. The Labute approximate surface area is 153 Å². The molecule has 0 aliphatic heterocycles. The third-order valence-electron chi connectivity index (χ3n) is 4.44. The number of benzene rings is 1. The molecular weight excluding hydrogens is 330 g/mol. The minimum atomic E-state index is -0.112. The van der Waals surface area contributed by atoms with Crippen LogP contribution in [-0.2, 0) is 20.6 Å². The highest BCUT2D eigenvalue weighted by molar-refractivity contribution is 5.41. The van der Waals surface area contributed by atoms with Crippen LogP contribution in [0.2, 0.25) is 0 Å². The van der Waals surface area contributed by atoms with Gasteiger partial charge in [-0.05, 0) is 24.6 Å². The minimum Gasteiger partial charge on any atom is -0.497 e. The summed E-state index contributed by atoms with van der Waals surface area (Å²) in [5.74, 6) is 2.41. The van der Waals surface area contributed by atoms with Crippen LogP contribution in [0.25, 0.3) is 0 Å². The summed E-state index contributed by atoms with van der Waals surface area (Å²) >= 11 is 0. The molecular formula is C19H25N5O2. The molecule has 1 unspecified atom stereocenters. The van der Waals surface area contributed by atoms with Gasteiger partial charge in [0.2, 0.25) is 0 Å². The third kappa shape index (κ3) is 3.72. The summed E-state index contributed by atoms with van der Waals surface area (Å²) in [6.45, 7) is 2.69. The van der Waals surface area contributed by atoms with E-state index in [-0.39, 0.29) is 6.04 Å². The Hall–Kier alpha value is -2.80. The van der Waals surface area contributed by atoms with Crippen LogP contribution >= 0.6 is 0 Å². The van der Waals surface area contributed by atoms with E-state index in [0.29, 0.717) is 6.54 Å². The van der Waals surface area contributed by atoms with Gasteiger partial charge in [0, 0.05) is 50.9 Å². The third-order valence-corrected chi connectivity index (χ3v) is 4.44. The van der Waals surface area contributed by atoms with E-state index in [2.05, 4.69) is 15.4 Å². The smallest absolute Gasteiger partial charge is 0.130 e. The molecule has 0 saturated heterocycles. The predicted octanol–water partition coefficient (Wildman–Crippen LogP) is 2.36. The number of imidazole rings is 1. The average molecular weight is 355 g/mol. The lowest BCUT2D eigenvalue weighted by atomic mass is 10.0. The normalized spacial score (nSPS) is 12.2. The first-order valence-electron chi connectivity index (χ1n) is 8.44. The molecule has 0 aliphatic rings. The van der Waals surface area contributed by atoms with E-state index in [1.54, 1.807) is 20.4 Å². The molecule has 0 bridgehead atoms. The number of nitrogens with zero attached hydrogens (tertiary/aromatic N) is 4. The molecule has 2 aromatic heterocycles. The van der Waals surface area contributed by atoms with E-state index in [4.69, 9.17) is 9.47 Å². The summed E-state index contributed by atoms with van der Waals surface area (Å²) in [5, 5.41) is 8.02.